The molecule has 0 aliphatic carbocycles. The van der Waals surface area contributed by atoms with E-state index in [1.54, 1.807) is 48.7 Å². The number of fused-ring (bicyclic) bond motifs is 1. The third-order valence-corrected chi connectivity index (χ3v) is 4.27. The first-order valence-electron chi connectivity index (χ1n) is 8.95. The predicted octanol–water partition coefficient (Wildman–Crippen LogP) is 2.19. The number of aliphatic hydroxyl groups excluding tert-OH is 1. The lowest BCUT2D eigenvalue weighted by atomic mass is 10.0. The van der Waals surface area contributed by atoms with Gasteiger partial charge in [0, 0.05) is 18.5 Å². The number of pyridine rings is 2. The van der Waals surface area contributed by atoms with E-state index in [0.29, 0.717) is 35.6 Å². The number of nitrogens with one attached hydrogen (secondary N) is 1. The van der Waals surface area contributed by atoms with E-state index < -0.39 is 11.5 Å². The van der Waals surface area contributed by atoms with Gasteiger partial charge < -0.3 is 24.7 Å². The van der Waals surface area contributed by atoms with Gasteiger partial charge in [-0.2, -0.15) is 0 Å². The van der Waals surface area contributed by atoms with Crippen LogP contribution in [-0.2, 0) is 13.0 Å². The molecule has 0 spiro atoms. The number of imidazole rings is 1. The molecule has 0 aliphatic rings. The van der Waals surface area contributed by atoms with E-state index in [-0.39, 0.29) is 12.3 Å². The Kier molecular flexibility index (Phi) is 5.62. The molecule has 0 radical (unpaired) electrons. The summed E-state index contributed by atoms with van der Waals surface area (Å²) in [5, 5.41) is 21.9. The molecule has 0 fully saturated rings. The molecule has 148 valence electrons. The van der Waals surface area contributed by atoms with Crippen molar-refractivity contribution in [3.05, 3.63) is 53.7 Å². The van der Waals surface area contributed by atoms with E-state index in [1.807, 2.05) is 6.20 Å². The number of ether oxygens (including phenoxy) is 1. The van der Waals surface area contributed by atoms with E-state index in [1.165, 1.54) is 7.11 Å². The highest BCUT2D eigenvalue weighted by Crippen LogP contribution is 2.27. The summed E-state index contributed by atoms with van der Waals surface area (Å²) < 4.78 is 7.19. The maximum Gasteiger partial charge on any atom is 0.274 e. The van der Waals surface area contributed by atoms with Crippen molar-refractivity contribution in [3.63, 3.8) is 0 Å². The fraction of sp³-hybridized carbons (Fsp3) is 0.350. The molecule has 28 heavy (non-hydrogen) atoms. The Hall–Kier alpha value is -2.97. The molecule has 3 heterocycles. The number of hydrogen-bond donors (Lipinski definition) is 3. The Morgan fingerprint density at radius 1 is 1.25 bits per heavy atom. The normalized spacial score (nSPS) is 11.6. The zero-order valence-electron chi connectivity index (χ0n) is 16.1. The lowest BCUT2D eigenvalue weighted by molar-refractivity contribution is 0.0711. The second-order valence-electron chi connectivity index (χ2n) is 7.19. The van der Waals surface area contributed by atoms with Crippen LogP contribution in [0.25, 0.3) is 5.65 Å². The van der Waals surface area contributed by atoms with Crippen LogP contribution in [0.1, 0.15) is 42.1 Å². The van der Waals surface area contributed by atoms with Gasteiger partial charge in [-0.05, 0) is 38.8 Å². The molecule has 8 nitrogen and oxygen atoms in total. The second-order valence-corrected chi connectivity index (χ2v) is 7.19. The van der Waals surface area contributed by atoms with Crippen LogP contribution in [0.15, 0.2) is 36.7 Å². The minimum absolute atomic E-state index is 0.199. The van der Waals surface area contributed by atoms with Crippen molar-refractivity contribution in [2.45, 2.75) is 38.9 Å². The average Bonchev–Trinajstić information content (AvgIpc) is 3.07. The van der Waals surface area contributed by atoms with Gasteiger partial charge in [-0.25, -0.2) is 9.97 Å². The van der Waals surface area contributed by atoms with Crippen molar-refractivity contribution < 1.29 is 19.7 Å². The molecule has 1 amide bonds. The van der Waals surface area contributed by atoms with E-state index in [0.717, 1.165) is 5.69 Å². The number of aliphatic hydroxyl groups is 2. The summed E-state index contributed by atoms with van der Waals surface area (Å²) in [6, 6.07) is 6.62. The van der Waals surface area contributed by atoms with Gasteiger partial charge in [-0.15, -0.1) is 0 Å². The number of aromatic nitrogens is 3. The van der Waals surface area contributed by atoms with E-state index in [2.05, 4.69) is 15.3 Å². The van der Waals surface area contributed by atoms with E-state index in [9.17, 15) is 15.0 Å². The second kappa shape index (κ2) is 7.95. The van der Waals surface area contributed by atoms with Gasteiger partial charge in [0.15, 0.2) is 0 Å². The lowest BCUT2D eigenvalue weighted by Crippen LogP contribution is -2.19. The minimum atomic E-state index is -0.761. The van der Waals surface area contributed by atoms with Crippen LogP contribution in [-0.4, -0.2) is 43.2 Å². The Morgan fingerprint density at radius 3 is 2.71 bits per heavy atom. The number of amides is 1. The number of anilines is 1. The van der Waals surface area contributed by atoms with Crippen LogP contribution in [0.3, 0.4) is 0 Å². The number of carbonyl (C=O) groups excluding carboxylic acids is 1. The first-order chi connectivity index (χ1) is 13.3. The summed E-state index contributed by atoms with van der Waals surface area (Å²) >= 11 is 0. The Balaban J connectivity index is 1.86. The minimum Gasteiger partial charge on any atom is -0.494 e. The molecule has 3 N–H and O–H groups in total. The maximum absolute atomic E-state index is 12.5. The fourth-order valence-corrected chi connectivity index (χ4v) is 2.77. The molecule has 0 bridgehead atoms. The first kappa shape index (κ1) is 19.8. The van der Waals surface area contributed by atoms with Gasteiger partial charge in [0.2, 0.25) is 0 Å². The van der Waals surface area contributed by atoms with E-state index in [4.69, 9.17) is 4.74 Å². The zero-order chi connectivity index (χ0) is 20.3. The van der Waals surface area contributed by atoms with Gasteiger partial charge >= 0.3 is 0 Å². The molecular weight excluding hydrogens is 360 g/mol. The molecule has 0 aliphatic heterocycles. The highest BCUT2D eigenvalue weighted by atomic mass is 16.5. The van der Waals surface area contributed by atoms with Gasteiger partial charge in [0.25, 0.3) is 5.91 Å². The molecular formula is C20H24N4O4. The van der Waals surface area contributed by atoms with Gasteiger partial charge in [-0.1, -0.05) is 6.07 Å². The van der Waals surface area contributed by atoms with Crippen LogP contribution in [0, 0.1) is 0 Å². The third-order valence-electron chi connectivity index (χ3n) is 4.27. The largest absolute Gasteiger partial charge is 0.494 e. The van der Waals surface area contributed by atoms with Gasteiger partial charge in [-0.3, -0.25) is 4.79 Å². The zero-order valence-corrected chi connectivity index (χ0v) is 16.1. The maximum atomic E-state index is 12.5. The van der Waals surface area contributed by atoms with Crippen LogP contribution in [0.2, 0.25) is 0 Å². The van der Waals surface area contributed by atoms with Crippen molar-refractivity contribution in [2.24, 2.45) is 0 Å². The summed E-state index contributed by atoms with van der Waals surface area (Å²) in [5.74, 6) is 0.0640. The highest BCUT2D eigenvalue weighted by Gasteiger charge is 2.16. The predicted molar refractivity (Wildman–Crippen MR) is 104 cm³/mol. The Bertz CT molecular complexity index is 992. The van der Waals surface area contributed by atoms with Crippen molar-refractivity contribution in [1.82, 2.24) is 14.4 Å². The van der Waals surface area contributed by atoms with Crippen molar-refractivity contribution in [2.75, 3.05) is 12.4 Å². The first-order valence-corrected chi connectivity index (χ1v) is 8.95. The number of methoxy groups -OCH3 is 1. The molecule has 0 atom stereocenters. The van der Waals surface area contributed by atoms with Crippen LogP contribution >= 0.6 is 0 Å². The highest BCUT2D eigenvalue weighted by molar-refractivity contribution is 6.03. The summed E-state index contributed by atoms with van der Waals surface area (Å²) in [7, 11) is 1.52. The quantitative estimate of drug-likeness (QED) is 0.576. The molecule has 8 heteroatoms. The fourth-order valence-electron chi connectivity index (χ4n) is 2.77. The van der Waals surface area contributed by atoms with Crippen LogP contribution in [0.5, 0.6) is 5.75 Å². The summed E-state index contributed by atoms with van der Waals surface area (Å²) in [6.45, 7) is 3.29. The molecule has 3 aromatic rings. The van der Waals surface area contributed by atoms with Crippen molar-refractivity contribution in [3.8, 4) is 5.75 Å². The summed E-state index contributed by atoms with van der Waals surface area (Å²) in [5.41, 5.74) is 1.85. The monoisotopic (exact) mass is 384 g/mol. The molecule has 0 unspecified atom stereocenters. The summed E-state index contributed by atoms with van der Waals surface area (Å²) in [6.07, 6.45) is 4.81. The molecule has 0 aromatic carbocycles. The Labute approximate surface area is 162 Å². The topological polar surface area (TPSA) is 109 Å². The van der Waals surface area contributed by atoms with Crippen LogP contribution in [0.4, 0.5) is 5.69 Å². The van der Waals surface area contributed by atoms with E-state index >= 15 is 0 Å². The van der Waals surface area contributed by atoms with Gasteiger partial charge in [0.1, 0.15) is 22.8 Å². The number of aryl methyl sites for hydroxylation is 1. The number of rotatable bonds is 7. The van der Waals surface area contributed by atoms with Crippen LogP contribution < -0.4 is 10.1 Å². The van der Waals surface area contributed by atoms with Gasteiger partial charge in [0.05, 0.1) is 30.7 Å². The Morgan fingerprint density at radius 2 is 2.04 bits per heavy atom. The molecule has 0 saturated heterocycles. The molecule has 3 aromatic heterocycles. The molecule has 0 saturated carbocycles. The van der Waals surface area contributed by atoms with Crippen molar-refractivity contribution in [1.29, 1.82) is 0 Å². The smallest absolute Gasteiger partial charge is 0.274 e. The summed E-state index contributed by atoms with van der Waals surface area (Å²) in [4.78, 5) is 21.2. The average molecular weight is 384 g/mol. The van der Waals surface area contributed by atoms with Crippen molar-refractivity contribution >= 4 is 17.2 Å². The number of hydrogen-bond acceptors (Lipinski definition) is 6. The third kappa shape index (κ3) is 4.65. The lowest BCUT2D eigenvalue weighted by Gasteiger charge is -2.15. The number of nitrogens with zero attached hydrogens (tertiary/aromatic N) is 3. The SMILES string of the molecule is COc1cc2nc(CCC(C)(C)O)cn2cc1NC(=O)c1cccc(CO)n1. The standard InChI is InChI=1S/C20H24N4O4/c1-20(2,27)8-7-13-10-24-11-16(17(28-3)9-18(24)22-13)23-19(26)15-6-4-5-14(12-25)21-15/h4-6,9-11,25,27H,7-8,12H2,1-3H3,(H,23,26). The molecule has 3 rings (SSSR count). The number of carbonyl (C=O) groups is 1.